The molecule has 2 heteroatoms. The average Bonchev–Trinajstić information content (AvgIpc) is 3.84. The molecule has 60 heavy (non-hydrogen) atoms. The molecular formula is C58H44N2. The Morgan fingerprint density at radius 1 is 0.400 bits per heavy atom. The molecule has 1 aromatic heterocycles. The molecule has 0 bridgehead atoms. The zero-order chi connectivity index (χ0) is 40.3. The minimum atomic E-state index is -0.188. The summed E-state index contributed by atoms with van der Waals surface area (Å²) in [7, 11) is 0. The van der Waals surface area contributed by atoms with Crippen molar-refractivity contribution in [1.29, 1.82) is 0 Å². The van der Waals surface area contributed by atoms with E-state index in [-0.39, 0.29) is 10.8 Å². The Balaban J connectivity index is 1.05. The van der Waals surface area contributed by atoms with Crippen LogP contribution in [-0.2, 0) is 10.8 Å². The van der Waals surface area contributed by atoms with E-state index in [0.717, 1.165) is 11.4 Å². The number of benzene rings is 9. The van der Waals surface area contributed by atoms with E-state index in [9.17, 15) is 0 Å². The van der Waals surface area contributed by atoms with Gasteiger partial charge in [-0.2, -0.15) is 0 Å². The Morgan fingerprint density at radius 3 is 1.72 bits per heavy atom. The highest BCUT2D eigenvalue weighted by Crippen LogP contribution is 2.58. The lowest BCUT2D eigenvalue weighted by molar-refractivity contribution is 0.659. The maximum absolute atomic E-state index is 2.55. The fourth-order valence-electron chi connectivity index (χ4n) is 11.0. The molecule has 9 aromatic carbocycles. The van der Waals surface area contributed by atoms with Crippen LogP contribution in [0.4, 0.5) is 17.1 Å². The lowest BCUT2D eigenvalue weighted by Crippen LogP contribution is -2.21. The van der Waals surface area contributed by atoms with E-state index in [2.05, 4.69) is 231 Å². The third-order valence-electron chi connectivity index (χ3n) is 13.8. The van der Waals surface area contributed by atoms with E-state index in [4.69, 9.17) is 0 Å². The predicted octanol–water partition coefficient (Wildman–Crippen LogP) is 15.7. The lowest BCUT2D eigenvalue weighted by Gasteiger charge is -2.33. The molecule has 1 heterocycles. The smallest absolute Gasteiger partial charge is 0.0543 e. The molecule has 286 valence electrons. The summed E-state index contributed by atoms with van der Waals surface area (Å²) in [4.78, 5) is 2.55. The summed E-state index contributed by atoms with van der Waals surface area (Å²) in [5.41, 5.74) is 20.1. The summed E-state index contributed by atoms with van der Waals surface area (Å²) < 4.78 is 2.41. The molecule has 0 saturated carbocycles. The van der Waals surface area contributed by atoms with Gasteiger partial charge >= 0.3 is 0 Å². The zero-order valence-electron chi connectivity index (χ0n) is 34.4. The SMILES string of the molecule is CC1(C)c2ccccc2-c2c(N(c3ccc(-c4cccc5ccc(-n6c7ccccc7c7ccccc76)cc45)cc3)c3cccc4c3C(C)(C)c3ccccc3-4)cccc21. The molecule has 10 aromatic rings. The highest BCUT2D eigenvalue weighted by Gasteiger charge is 2.41. The molecule has 2 aliphatic rings. The highest BCUT2D eigenvalue weighted by molar-refractivity contribution is 6.10. The molecule has 12 rings (SSSR count). The van der Waals surface area contributed by atoms with Crippen LogP contribution in [0, 0.1) is 0 Å². The van der Waals surface area contributed by atoms with Crippen LogP contribution >= 0.6 is 0 Å². The maximum atomic E-state index is 2.55. The number of hydrogen-bond donors (Lipinski definition) is 0. The number of aromatic nitrogens is 1. The number of hydrogen-bond acceptors (Lipinski definition) is 1. The summed E-state index contributed by atoms with van der Waals surface area (Å²) in [6.45, 7) is 9.53. The molecule has 0 N–H and O–H groups in total. The molecule has 0 atom stereocenters. The third-order valence-corrected chi connectivity index (χ3v) is 13.8. The number of nitrogens with zero attached hydrogens (tertiary/aromatic N) is 2. The molecule has 0 fully saturated rings. The number of anilines is 3. The van der Waals surface area contributed by atoms with Gasteiger partial charge in [-0.05, 0) is 109 Å². The van der Waals surface area contributed by atoms with Crippen molar-refractivity contribution in [2.45, 2.75) is 38.5 Å². The quantitative estimate of drug-likeness (QED) is 0.169. The van der Waals surface area contributed by atoms with E-state index in [1.807, 2.05) is 0 Å². The van der Waals surface area contributed by atoms with Crippen molar-refractivity contribution in [2.24, 2.45) is 0 Å². The minimum absolute atomic E-state index is 0.113. The van der Waals surface area contributed by atoms with Crippen LogP contribution in [0.2, 0.25) is 0 Å². The zero-order valence-corrected chi connectivity index (χ0v) is 34.4. The maximum Gasteiger partial charge on any atom is 0.0543 e. The van der Waals surface area contributed by atoms with E-state index >= 15 is 0 Å². The Labute approximate surface area is 351 Å². The fraction of sp³-hybridized carbons (Fsp3) is 0.103. The van der Waals surface area contributed by atoms with Crippen LogP contribution in [0.3, 0.4) is 0 Å². The third kappa shape index (κ3) is 4.82. The van der Waals surface area contributed by atoms with Crippen LogP contribution in [0.1, 0.15) is 49.9 Å². The average molecular weight is 769 g/mol. The first-order chi connectivity index (χ1) is 29.3. The second-order valence-electron chi connectivity index (χ2n) is 17.7. The van der Waals surface area contributed by atoms with Gasteiger partial charge in [0, 0.05) is 38.5 Å². The van der Waals surface area contributed by atoms with Crippen molar-refractivity contribution in [3.63, 3.8) is 0 Å². The first kappa shape index (κ1) is 34.8. The highest BCUT2D eigenvalue weighted by atomic mass is 15.1. The molecule has 2 nitrogen and oxygen atoms in total. The topological polar surface area (TPSA) is 8.17 Å². The van der Waals surface area contributed by atoms with Gasteiger partial charge in [0.1, 0.15) is 0 Å². The molecule has 0 aliphatic heterocycles. The van der Waals surface area contributed by atoms with Gasteiger partial charge in [0.25, 0.3) is 0 Å². The predicted molar refractivity (Wildman–Crippen MR) is 254 cm³/mol. The largest absolute Gasteiger partial charge is 0.310 e. The molecule has 0 radical (unpaired) electrons. The minimum Gasteiger partial charge on any atom is -0.310 e. The first-order valence-electron chi connectivity index (χ1n) is 21.2. The van der Waals surface area contributed by atoms with Crippen molar-refractivity contribution in [3.8, 4) is 39.1 Å². The van der Waals surface area contributed by atoms with Crippen LogP contribution in [0.25, 0.3) is 71.6 Å². The van der Waals surface area contributed by atoms with E-state index in [1.54, 1.807) is 0 Å². The number of rotatable bonds is 5. The number of fused-ring (bicyclic) bond motifs is 10. The summed E-state index contributed by atoms with van der Waals surface area (Å²) >= 11 is 0. The second-order valence-corrected chi connectivity index (χ2v) is 17.7. The lowest BCUT2D eigenvalue weighted by atomic mass is 9.81. The van der Waals surface area contributed by atoms with Gasteiger partial charge in [-0.15, -0.1) is 0 Å². The molecule has 0 amide bonds. The van der Waals surface area contributed by atoms with Crippen LogP contribution in [0.15, 0.2) is 194 Å². The Bertz CT molecular complexity index is 3320. The summed E-state index contributed by atoms with van der Waals surface area (Å²) in [5.74, 6) is 0. The van der Waals surface area contributed by atoms with Gasteiger partial charge in [-0.1, -0.05) is 173 Å². The normalized spacial score (nSPS) is 14.3. The van der Waals surface area contributed by atoms with Crippen molar-refractivity contribution < 1.29 is 0 Å². The van der Waals surface area contributed by atoms with E-state index < -0.39 is 0 Å². The summed E-state index contributed by atoms with van der Waals surface area (Å²) in [5, 5.41) is 5.01. The monoisotopic (exact) mass is 768 g/mol. The molecule has 0 unspecified atom stereocenters. The standard InChI is InChI=1S/C58H44N2/c1-57(2)49-24-10-6-20-46(49)55-50(57)25-15-28-53(55)59(54-29-14-22-45-42-17-5-9-23-48(42)58(3,4)56(45)54)39-33-30-38(31-34-39)41-21-13-16-37-32-35-40(36-47(37)41)60-51-26-11-7-18-43(51)44-19-8-12-27-52(44)60/h5-36H,1-4H3. The molecule has 2 aliphatic carbocycles. The van der Waals surface area contributed by atoms with Crippen molar-refractivity contribution in [3.05, 3.63) is 216 Å². The van der Waals surface area contributed by atoms with Crippen LogP contribution < -0.4 is 4.90 Å². The van der Waals surface area contributed by atoms with Crippen molar-refractivity contribution in [1.82, 2.24) is 4.57 Å². The second kappa shape index (κ2) is 12.7. The van der Waals surface area contributed by atoms with Crippen molar-refractivity contribution in [2.75, 3.05) is 4.90 Å². The summed E-state index contributed by atoms with van der Waals surface area (Å²) in [6, 6.07) is 72.3. The molecular weight excluding hydrogens is 725 g/mol. The van der Waals surface area contributed by atoms with Crippen molar-refractivity contribution >= 4 is 49.6 Å². The van der Waals surface area contributed by atoms with Crippen LogP contribution in [-0.4, -0.2) is 4.57 Å². The van der Waals surface area contributed by atoms with E-state index in [1.165, 1.54) is 99.6 Å². The first-order valence-corrected chi connectivity index (χ1v) is 21.2. The van der Waals surface area contributed by atoms with E-state index in [0.29, 0.717) is 0 Å². The van der Waals surface area contributed by atoms with Crippen LogP contribution in [0.5, 0.6) is 0 Å². The van der Waals surface area contributed by atoms with Gasteiger partial charge in [0.05, 0.1) is 22.4 Å². The Kier molecular flexibility index (Phi) is 7.36. The van der Waals surface area contributed by atoms with Gasteiger partial charge < -0.3 is 9.47 Å². The number of para-hydroxylation sites is 2. The van der Waals surface area contributed by atoms with Gasteiger partial charge in [0.2, 0.25) is 0 Å². The van der Waals surface area contributed by atoms with Gasteiger partial charge in [-0.25, -0.2) is 0 Å². The molecule has 0 spiro atoms. The Hall–Kier alpha value is -7.16. The van der Waals surface area contributed by atoms with Gasteiger partial charge in [0.15, 0.2) is 0 Å². The fourth-order valence-corrected chi connectivity index (χ4v) is 11.0. The molecule has 0 saturated heterocycles. The van der Waals surface area contributed by atoms with Gasteiger partial charge in [-0.3, -0.25) is 0 Å². The Morgan fingerprint density at radius 2 is 0.967 bits per heavy atom. The summed E-state index contributed by atoms with van der Waals surface area (Å²) in [6.07, 6.45) is 0.